The monoisotopic (exact) mass is 296 g/mol. The largest absolute Gasteiger partial charge is 0.378 e. The number of piperidine rings is 1. The fraction of sp³-hybridized carbons (Fsp3) is 1.00. The number of likely N-dealkylation sites (tertiary alicyclic amines) is 1. The first-order chi connectivity index (χ1) is 10.1. The third kappa shape index (κ3) is 4.94. The van der Waals surface area contributed by atoms with Gasteiger partial charge in [0.1, 0.15) is 0 Å². The molecule has 2 fully saturated rings. The second kappa shape index (κ2) is 8.50. The fourth-order valence-corrected chi connectivity index (χ4v) is 4.31. The maximum Gasteiger partial charge on any atom is 0.0599 e. The van der Waals surface area contributed by atoms with Gasteiger partial charge in [-0.3, -0.25) is 0 Å². The van der Waals surface area contributed by atoms with Crippen LogP contribution in [0.1, 0.15) is 52.9 Å². The molecule has 0 bridgehead atoms. The molecular formula is C18H36N2O. The van der Waals surface area contributed by atoms with Crippen LogP contribution in [0.3, 0.4) is 0 Å². The van der Waals surface area contributed by atoms with Gasteiger partial charge in [-0.2, -0.15) is 0 Å². The average molecular weight is 296 g/mol. The van der Waals surface area contributed by atoms with Gasteiger partial charge in [-0.25, -0.2) is 0 Å². The van der Waals surface area contributed by atoms with Crippen LogP contribution >= 0.6 is 0 Å². The Hall–Kier alpha value is -0.120. The van der Waals surface area contributed by atoms with Gasteiger partial charge in [0.25, 0.3) is 0 Å². The minimum atomic E-state index is 0.515. The molecule has 0 amide bonds. The van der Waals surface area contributed by atoms with E-state index in [9.17, 15) is 0 Å². The minimum Gasteiger partial charge on any atom is -0.378 e. The molecule has 1 saturated carbocycles. The van der Waals surface area contributed by atoms with E-state index in [2.05, 4.69) is 38.0 Å². The molecule has 1 heterocycles. The van der Waals surface area contributed by atoms with Crippen LogP contribution in [0.25, 0.3) is 0 Å². The molecule has 3 unspecified atom stereocenters. The van der Waals surface area contributed by atoms with E-state index >= 15 is 0 Å². The molecule has 21 heavy (non-hydrogen) atoms. The third-order valence-corrected chi connectivity index (χ3v) is 5.77. The van der Waals surface area contributed by atoms with Gasteiger partial charge < -0.3 is 15.0 Å². The standard InChI is InChI=1S/C18H36N2O/c1-5-21-17-8-10-20(11-9-17)13-16-12-15(14(2)3)6-7-18(16)19-4/h14-19H,5-13H2,1-4H3. The fourth-order valence-electron chi connectivity index (χ4n) is 4.31. The Kier molecular flexibility index (Phi) is 6.97. The normalized spacial score (nSPS) is 32.7. The predicted octanol–water partition coefficient (Wildman–Crippen LogP) is 3.15. The Morgan fingerprint density at radius 3 is 2.43 bits per heavy atom. The van der Waals surface area contributed by atoms with Gasteiger partial charge >= 0.3 is 0 Å². The third-order valence-electron chi connectivity index (χ3n) is 5.77. The average Bonchev–Trinajstić information content (AvgIpc) is 2.49. The number of nitrogens with zero attached hydrogens (tertiary/aromatic N) is 1. The highest BCUT2D eigenvalue weighted by molar-refractivity contribution is 4.88. The molecular weight excluding hydrogens is 260 g/mol. The first-order valence-electron chi connectivity index (χ1n) is 9.15. The van der Waals surface area contributed by atoms with E-state index in [0.29, 0.717) is 6.10 Å². The molecule has 0 aromatic carbocycles. The van der Waals surface area contributed by atoms with Crippen LogP contribution in [0.15, 0.2) is 0 Å². The number of hydrogen-bond acceptors (Lipinski definition) is 3. The smallest absolute Gasteiger partial charge is 0.0599 e. The topological polar surface area (TPSA) is 24.5 Å². The van der Waals surface area contributed by atoms with Crippen LogP contribution in [0.2, 0.25) is 0 Å². The Morgan fingerprint density at radius 1 is 1.14 bits per heavy atom. The van der Waals surface area contributed by atoms with E-state index in [1.807, 2.05) is 0 Å². The van der Waals surface area contributed by atoms with E-state index in [0.717, 1.165) is 30.4 Å². The summed E-state index contributed by atoms with van der Waals surface area (Å²) in [6, 6.07) is 0.726. The highest BCUT2D eigenvalue weighted by atomic mass is 16.5. The second-order valence-corrected chi connectivity index (χ2v) is 7.43. The summed E-state index contributed by atoms with van der Waals surface area (Å²) < 4.78 is 5.77. The summed E-state index contributed by atoms with van der Waals surface area (Å²) >= 11 is 0. The van der Waals surface area contributed by atoms with Crippen molar-refractivity contribution in [2.24, 2.45) is 17.8 Å². The lowest BCUT2D eigenvalue weighted by Crippen LogP contribution is -2.47. The quantitative estimate of drug-likeness (QED) is 0.815. The van der Waals surface area contributed by atoms with E-state index in [1.165, 1.54) is 51.7 Å². The van der Waals surface area contributed by atoms with Crippen molar-refractivity contribution in [1.82, 2.24) is 10.2 Å². The molecule has 1 aliphatic heterocycles. The zero-order valence-electron chi connectivity index (χ0n) is 14.6. The molecule has 0 aromatic heterocycles. The minimum absolute atomic E-state index is 0.515. The van der Waals surface area contributed by atoms with Gasteiger partial charge in [-0.15, -0.1) is 0 Å². The van der Waals surface area contributed by atoms with Gasteiger partial charge in [0.05, 0.1) is 6.10 Å². The van der Waals surface area contributed by atoms with Crippen LogP contribution < -0.4 is 5.32 Å². The summed E-state index contributed by atoms with van der Waals surface area (Å²) in [5, 5.41) is 3.58. The summed E-state index contributed by atoms with van der Waals surface area (Å²) in [6.07, 6.45) is 7.14. The number of nitrogens with one attached hydrogen (secondary N) is 1. The van der Waals surface area contributed by atoms with Crippen molar-refractivity contribution < 1.29 is 4.74 Å². The zero-order chi connectivity index (χ0) is 15.2. The molecule has 1 N–H and O–H groups in total. The molecule has 124 valence electrons. The summed E-state index contributed by atoms with van der Waals surface area (Å²) in [7, 11) is 2.15. The van der Waals surface area contributed by atoms with Crippen molar-refractivity contribution in [3.8, 4) is 0 Å². The number of ether oxygens (including phenoxy) is 1. The summed E-state index contributed by atoms with van der Waals surface area (Å²) in [6.45, 7) is 11.5. The Labute approximate surface area is 131 Å². The summed E-state index contributed by atoms with van der Waals surface area (Å²) in [5.41, 5.74) is 0. The van der Waals surface area contributed by atoms with Crippen molar-refractivity contribution in [3.63, 3.8) is 0 Å². The van der Waals surface area contributed by atoms with Gasteiger partial charge in [0.2, 0.25) is 0 Å². The number of rotatable bonds is 6. The van der Waals surface area contributed by atoms with Crippen molar-refractivity contribution in [2.45, 2.75) is 65.0 Å². The van der Waals surface area contributed by atoms with Crippen LogP contribution in [0.4, 0.5) is 0 Å². The molecule has 1 saturated heterocycles. The predicted molar refractivity (Wildman–Crippen MR) is 89.6 cm³/mol. The number of hydrogen-bond donors (Lipinski definition) is 1. The lowest BCUT2D eigenvalue weighted by molar-refractivity contribution is 0.00631. The summed E-state index contributed by atoms with van der Waals surface area (Å²) in [5.74, 6) is 2.61. The lowest BCUT2D eigenvalue weighted by atomic mass is 9.73. The van der Waals surface area contributed by atoms with E-state index in [-0.39, 0.29) is 0 Å². The van der Waals surface area contributed by atoms with Crippen molar-refractivity contribution in [1.29, 1.82) is 0 Å². The van der Waals surface area contributed by atoms with E-state index < -0.39 is 0 Å². The van der Waals surface area contributed by atoms with Crippen LogP contribution in [-0.4, -0.2) is 50.3 Å². The second-order valence-electron chi connectivity index (χ2n) is 7.43. The zero-order valence-corrected chi connectivity index (χ0v) is 14.6. The Balaban J connectivity index is 1.82. The molecule has 0 radical (unpaired) electrons. The van der Waals surface area contributed by atoms with Gasteiger partial charge in [0.15, 0.2) is 0 Å². The molecule has 0 spiro atoms. The van der Waals surface area contributed by atoms with Crippen molar-refractivity contribution in [3.05, 3.63) is 0 Å². The van der Waals surface area contributed by atoms with Crippen LogP contribution in [0, 0.1) is 17.8 Å². The Bertz CT molecular complexity index is 287. The first kappa shape index (κ1) is 17.2. The highest BCUT2D eigenvalue weighted by Gasteiger charge is 2.32. The Morgan fingerprint density at radius 2 is 1.86 bits per heavy atom. The van der Waals surface area contributed by atoms with Gasteiger partial charge in [-0.05, 0) is 63.8 Å². The molecule has 3 heteroatoms. The molecule has 0 aromatic rings. The van der Waals surface area contributed by atoms with E-state index in [4.69, 9.17) is 4.74 Å². The van der Waals surface area contributed by atoms with Crippen LogP contribution in [0.5, 0.6) is 0 Å². The molecule has 2 rings (SSSR count). The van der Waals surface area contributed by atoms with E-state index in [1.54, 1.807) is 0 Å². The summed E-state index contributed by atoms with van der Waals surface area (Å²) in [4.78, 5) is 2.69. The maximum atomic E-state index is 5.77. The first-order valence-corrected chi connectivity index (χ1v) is 9.15. The lowest BCUT2D eigenvalue weighted by Gasteiger charge is -2.41. The molecule has 3 atom stereocenters. The molecule has 2 aliphatic rings. The van der Waals surface area contributed by atoms with Crippen molar-refractivity contribution >= 4 is 0 Å². The molecule has 1 aliphatic carbocycles. The van der Waals surface area contributed by atoms with Crippen molar-refractivity contribution in [2.75, 3.05) is 33.3 Å². The van der Waals surface area contributed by atoms with Crippen LogP contribution in [-0.2, 0) is 4.74 Å². The van der Waals surface area contributed by atoms with Gasteiger partial charge in [0, 0.05) is 32.3 Å². The van der Waals surface area contributed by atoms with Gasteiger partial charge in [-0.1, -0.05) is 13.8 Å². The maximum absolute atomic E-state index is 5.77. The highest BCUT2D eigenvalue weighted by Crippen LogP contribution is 2.34. The molecule has 3 nitrogen and oxygen atoms in total. The SMILES string of the molecule is CCOC1CCN(CC2CC(C(C)C)CCC2NC)CC1.